The Kier molecular flexibility index (Phi) is 4.63. The maximum Gasteiger partial charge on any atom is 0.212 e. The molecular weight excluding hydrogens is 314 g/mol. The summed E-state index contributed by atoms with van der Waals surface area (Å²) in [5, 5.41) is 0. The van der Waals surface area contributed by atoms with Gasteiger partial charge in [0.1, 0.15) is 7.05 Å². The first-order chi connectivity index (χ1) is 12.6. The highest BCUT2D eigenvalue weighted by Gasteiger charge is 2.21. The summed E-state index contributed by atoms with van der Waals surface area (Å²) in [6.45, 7) is 4.41. The molecule has 0 radical (unpaired) electrons. The van der Waals surface area contributed by atoms with Crippen LogP contribution in [0.15, 0.2) is 60.8 Å². The van der Waals surface area contributed by atoms with Crippen LogP contribution in [0.1, 0.15) is 48.3 Å². The van der Waals surface area contributed by atoms with Gasteiger partial charge in [-0.1, -0.05) is 49.2 Å². The van der Waals surface area contributed by atoms with E-state index in [2.05, 4.69) is 86.3 Å². The molecule has 0 amide bonds. The highest BCUT2D eigenvalue weighted by molar-refractivity contribution is 5.74. The van der Waals surface area contributed by atoms with Crippen LogP contribution in [-0.2, 0) is 7.05 Å². The Bertz CT molecular complexity index is 933. The van der Waals surface area contributed by atoms with E-state index < -0.39 is 0 Å². The Hall–Kier alpha value is -2.41. The van der Waals surface area contributed by atoms with Crippen molar-refractivity contribution in [3.8, 4) is 22.4 Å². The molecule has 0 unspecified atom stereocenters. The van der Waals surface area contributed by atoms with Gasteiger partial charge in [-0.3, -0.25) is 0 Å². The van der Waals surface area contributed by atoms with E-state index in [1.165, 1.54) is 64.8 Å². The van der Waals surface area contributed by atoms with E-state index >= 15 is 0 Å². The lowest BCUT2D eigenvalue weighted by molar-refractivity contribution is -0.660. The molecule has 0 N–H and O–H groups in total. The lowest BCUT2D eigenvalue weighted by Gasteiger charge is -2.13. The zero-order chi connectivity index (χ0) is 18.1. The Balaban J connectivity index is 1.81. The van der Waals surface area contributed by atoms with E-state index in [9.17, 15) is 0 Å². The Morgan fingerprint density at radius 3 is 2.31 bits per heavy atom. The summed E-state index contributed by atoms with van der Waals surface area (Å²) in [5.41, 5.74) is 9.46. The molecule has 1 aliphatic carbocycles. The number of aryl methyl sites for hydroxylation is 3. The van der Waals surface area contributed by atoms with Crippen LogP contribution in [0, 0.1) is 13.8 Å². The third kappa shape index (κ3) is 3.19. The summed E-state index contributed by atoms with van der Waals surface area (Å²) in [4.78, 5) is 0. The average Bonchev–Trinajstić information content (AvgIpc) is 3.18. The van der Waals surface area contributed by atoms with Crippen molar-refractivity contribution >= 4 is 0 Å². The topological polar surface area (TPSA) is 3.88 Å². The summed E-state index contributed by atoms with van der Waals surface area (Å²) in [6, 6.07) is 20.3. The predicted molar refractivity (Wildman–Crippen MR) is 109 cm³/mol. The highest BCUT2D eigenvalue weighted by Crippen LogP contribution is 2.36. The normalized spacial score (nSPS) is 14.7. The number of rotatable bonds is 3. The molecule has 3 aromatic rings. The SMILES string of the molecule is Cc1ccccc1-c1ccc(C)c(-c2cc(C3CCCC3)cc[n+]2C)c1. The zero-order valence-corrected chi connectivity index (χ0v) is 16.1. The quantitative estimate of drug-likeness (QED) is 0.505. The smallest absolute Gasteiger partial charge is 0.201 e. The molecule has 0 aliphatic heterocycles. The summed E-state index contributed by atoms with van der Waals surface area (Å²) < 4.78 is 2.27. The largest absolute Gasteiger partial charge is 0.212 e. The Labute approximate surface area is 157 Å². The molecule has 0 saturated heterocycles. The van der Waals surface area contributed by atoms with Crippen LogP contribution in [-0.4, -0.2) is 0 Å². The molecule has 1 aromatic heterocycles. The van der Waals surface area contributed by atoms with Crippen LogP contribution in [0.3, 0.4) is 0 Å². The van der Waals surface area contributed by atoms with Crippen LogP contribution >= 0.6 is 0 Å². The molecule has 132 valence electrons. The van der Waals surface area contributed by atoms with Crippen LogP contribution in [0.2, 0.25) is 0 Å². The van der Waals surface area contributed by atoms with Gasteiger partial charge in [0, 0.05) is 17.7 Å². The van der Waals surface area contributed by atoms with Gasteiger partial charge in [0.25, 0.3) is 0 Å². The van der Waals surface area contributed by atoms with Crippen LogP contribution in [0.5, 0.6) is 0 Å². The number of hydrogen-bond acceptors (Lipinski definition) is 0. The predicted octanol–water partition coefficient (Wildman–Crippen LogP) is 6.12. The number of benzene rings is 2. The van der Waals surface area contributed by atoms with E-state index in [-0.39, 0.29) is 0 Å². The van der Waals surface area contributed by atoms with Crippen LogP contribution in [0.4, 0.5) is 0 Å². The number of aromatic nitrogens is 1. The van der Waals surface area contributed by atoms with Crippen LogP contribution < -0.4 is 4.57 Å². The van der Waals surface area contributed by atoms with E-state index in [4.69, 9.17) is 0 Å². The lowest BCUT2D eigenvalue weighted by atomic mass is 9.93. The third-order valence-electron chi connectivity index (χ3n) is 5.97. The molecule has 26 heavy (non-hydrogen) atoms. The first kappa shape index (κ1) is 17.0. The number of nitrogens with zero attached hydrogens (tertiary/aromatic N) is 1. The van der Waals surface area contributed by atoms with Crippen molar-refractivity contribution in [2.24, 2.45) is 7.05 Å². The van der Waals surface area contributed by atoms with Gasteiger partial charge in [0.15, 0.2) is 6.20 Å². The summed E-state index contributed by atoms with van der Waals surface area (Å²) in [5.74, 6) is 0.745. The van der Waals surface area contributed by atoms with E-state index in [1.54, 1.807) is 0 Å². The number of pyridine rings is 1. The van der Waals surface area contributed by atoms with Crippen molar-refractivity contribution in [2.45, 2.75) is 45.4 Å². The molecule has 0 bridgehead atoms. The first-order valence-corrected chi connectivity index (χ1v) is 9.80. The van der Waals surface area contributed by atoms with E-state index in [0.29, 0.717) is 0 Å². The first-order valence-electron chi connectivity index (χ1n) is 9.80. The minimum absolute atomic E-state index is 0.745. The summed E-state index contributed by atoms with van der Waals surface area (Å²) in [7, 11) is 2.16. The monoisotopic (exact) mass is 342 g/mol. The second-order valence-corrected chi connectivity index (χ2v) is 7.78. The van der Waals surface area contributed by atoms with Gasteiger partial charge in [0.05, 0.1) is 0 Å². The standard InChI is InChI=1S/C25H28N/c1-18-8-4-7-11-23(18)22-13-12-19(2)24(16-22)25-17-21(14-15-26(25)3)20-9-5-6-10-20/h4,7-8,11-17,20H,5-6,9-10H2,1-3H3/q+1. The minimum Gasteiger partial charge on any atom is -0.201 e. The second kappa shape index (κ2) is 7.07. The molecule has 1 heterocycles. The van der Waals surface area contributed by atoms with Crippen molar-refractivity contribution in [1.82, 2.24) is 0 Å². The van der Waals surface area contributed by atoms with Gasteiger partial charge in [0.2, 0.25) is 5.69 Å². The maximum absolute atomic E-state index is 2.43. The van der Waals surface area contributed by atoms with E-state index in [1.807, 2.05) is 0 Å². The van der Waals surface area contributed by atoms with Gasteiger partial charge >= 0.3 is 0 Å². The lowest BCUT2D eigenvalue weighted by Crippen LogP contribution is -2.31. The second-order valence-electron chi connectivity index (χ2n) is 7.78. The fourth-order valence-electron chi connectivity index (χ4n) is 4.33. The molecular formula is C25H28N+. The van der Waals surface area contributed by atoms with Gasteiger partial charge in [-0.2, -0.15) is 0 Å². The Morgan fingerprint density at radius 1 is 0.808 bits per heavy atom. The van der Waals surface area contributed by atoms with Crippen LogP contribution in [0.25, 0.3) is 22.4 Å². The maximum atomic E-state index is 2.43. The van der Waals surface area contributed by atoms with E-state index in [0.717, 1.165) is 5.92 Å². The van der Waals surface area contributed by atoms with Gasteiger partial charge in [-0.15, -0.1) is 0 Å². The molecule has 1 aliphatic rings. The zero-order valence-electron chi connectivity index (χ0n) is 16.1. The van der Waals surface area contributed by atoms with Crippen molar-refractivity contribution in [1.29, 1.82) is 0 Å². The fourth-order valence-corrected chi connectivity index (χ4v) is 4.33. The molecule has 1 fully saturated rings. The van der Waals surface area contributed by atoms with Crippen molar-refractivity contribution in [3.63, 3.8) is 0 Å². The molecule has 1 heteroatoms. The molecule has 1 nitrogen and oxygen atoms in total. The molecule has 0 atom stereocenters. The Morgan fingerprint density at radius 2 is 1.54 bits per heavy atom. The molecule has 4 rings (SSSR count). The van der Waals surface area contributed by atoms with Crippen molar-refractivity contribution < 1.29 is 4.57 Å². The van der Waals surface area contributed by atoms with Gasteiger partial charge < -0.3 is 0 Å². The molecule has 2 aromatic carbocycles. The third-order valence-corrected chi connectivity index (χ3v) is 5.97. The molecule has 0 spiro atoms. The van der Waals surface area contributed by atoms with Crippen molar-refractivity contribution in [2.75, 3.05) is 0 Å². The fraction of sp³-hybridized carbons (Fsp3) is 0.320. The minimum atomic E-state index is 0.745. The highest BCUT2D eigenvalue weighted by atomic mass is 14.9. The average molecular weight is 343 g/mol. The van der Waals surface area contributed by atoms with Crippen molar-refractivity contribution in [3.05, 3.63) is 77.5 Å². The summed E-state index contributed by atoms with van der Waals surface area (Å²) >= 11 is 0. The molecule has 1 saturated carbocycles. The number of hydrogen-bond donors (Lipinski definition) is 0. The van der Waals surface area contributed by atoms with Gasteiger partial charge in [-0.25, -0.2) is 4.57 Å². The summed E-state index contributed by atoms with van der Waals surface area (Å²) in [6.07, 6.45) is 7.68. The van der Waals surface area contributed by atoms with Gasteiger partial charge in [-0.05, 0) is 66.5 Å².